The van der Waals surface area contributed by atoms with E-state index in [2.05, 4.69) is 5.32 Å². The molecule has 0 aliphatic carbocycles. The minimum atomic E-state index is -3.40. The molecule has 0 amide bonds. The molecule has 1 aliphatic rings. The fraction of sp³-hybridized carbons (Fsp3) is 0.571. The monoisotopic (exact) mass is 368 g/mol. The van der Waals surface area contributed by atoms with Crippen LogP contribution in [-0.4, -0.2) is 51.3 Å². The molecule has 0 aromatic heterocycles. The highest BCUT2D eigenvalue weighted by molar-refractivity contribution is 7.89. The summed E-state index contributed by atoms with van der Waals surface area (Å²) >= 11 is 6.23. The zero-order chi connectivity index (χ0) is 15.5. The van der Waals surface area contributed by atoms with Gasteiger partial charge in [0.15, 0.2) is 0 Å². The standard InChI is InChI=1S/C14H21ClN2O3S.ClH/c1-11(20-2)10-21(18,19)17-8-7-16-9-14(17)12-5-3-4-6-13(12)15;/h3-6,11,14,16H,7-10H2,1-2H3;1H. The van der Waals surface area contributed by atoms with Gasteiger partial charge in [-0.3, -0.25) is 0 Å². The minimum absolute atomic E-state index is 0. The third-order valence-corrected chi connectivity index (χ3v) is 6.05. The third kappa shape index (κ3) is 4.57. The number of rotatable bonds is 5. The van der Waals surface area contributed by atoms with Gasteiger partial charge in [-0.2, -0.15) is 4.31 Å². The topological polar surface area (TPSA) is 58.6 Å². The number of nitrogens with zero attached hydrogens (tertiary/aromatic N) is 1. The number of piperazine rings is 1. The molecule has 2 rings (SSSR count). The van der Waals surface area contributed by atoms with Crippen molar-refractivity contribution in [1.29, 1.82) is 0 Å². The van der Waals surface area contributed by atoms with E-state index in [9.17, 15) is 8.42 Å². The molecule has 22 heavy (non-hydrogen) atoms. The average molecular weight is 369 g/mol. The molecule has 8 heteroatoms. The number of sulfonamides is 1. The van der Waals surface area contributed by atoms with Crippen LogP contribution < -0.4 is 5.32 Å². The van der Waals surface area contributed by atoms with Crippen molar-refractivity contribution in [2.75, 3.05) is 32.5 Å². The zero-order valence-corrected chi connectivity index (χ0v) is 15.0. The molecule has 2 unspecified atom stereocenters. The van der Waals surface area contributed by atoms with Crippen molar-refractivity contribution in [2.24, 2.45) is 0 Å². The molecule has 0 spiro atoms. The Bertz CT molecular complexity index is 583. The maximum Gasteiger partial charge on any atom is 0.217 e. The summed E-state index contributed by atoms with van der Waals surface area (Å²) in [5.41, 5.74) is 0.833. The van der Waals surface area contributed by atoms with Crippen LogP contribution in [0.4, 0.5) is 0 Å². The van der Waals surface area contributed by atoms with Crippen molar-refractivity contribution < 1.29 is 13.2 Å². The van der Waals surface area contributed by atoms with E-state index in [4.69, 9.17) is 16.3 Å². The number of methoxy groups -OCH3 is 1. The number of ether oxygens (including phenoxy) is 1. The van der Waals surface area contributed by atoms with Gasteiger partial charge in [-0.25, -0.2) is 8.42 Å². The van der Waals surface area contributed by atoms with Crippen molar-refractivity contribution in [2.45, 2.75) is 19.1 Å². The number of benzene rings is 1. The number of halogens is 2. The molecule has 1 saturated heterocycles. The Hall–Kier alpha value is -0.370. The molecule has 1 aromatic carbocycles. The van der Waals surface area contributed by atoms with E-state index in [0.29, 0.717) is 24.7 Å². The van der Waals surface area contributed by atoms with Crippen molar-refractivity contribution in [3.63, 3.8) is 0 Å². The van der Waals surface area contributed by atoms with E-state index in [1.165, 1.54) is 7.11 Å². The van der Waals surface area contributed by atoms with Crippen LogP contribution in [0.15, 0.2) is 24.3 Å². The first kappa shape index (κ1) is 19.7. The normalized spacial score (nSPS) is 21.1. The molecule has 0 radical (unpaired) electrons. The van der Waals surface area contributed by atoms with Gasteiger partial charge in [0.2, 0.25) is 10.0 Å². The average Bonchev–Trinajstić information content (AvgIpc) is 2.47. The van der Waals surface area contributed by atoms with E-state index >= 15 is 0 Å². The number of hydrogen-bond donors (Lipinski definition) is 1. The second kappa shape index (κ2) is 8.47. The van der Waals surface area contributed by atoms with Crippen molar-refractivity contribution in [3.05, 3.63) is 34.9 Å². The highest BCUT2D eigenvalue weighted by Crippen LogP contribution is 2.30. The van der Waals surface area contributed by atoms with Gasteiger partial charge in [-0.05, 0) is 18.6 Å². The Labute approximate surface area is 143 Å². The summed E-state index contributed by atoms with van der Waals surface area (Å²) in [5, 5.41) is 3.82. The first-order valence-electron chi connectivity index (χ1n) is 6.93. The van der Waals surface area contributed by atoms with Crippen LogP contribution in [0, 0.1) is 0 Å². The number of hydrogen-bond acceptors (Lipinski definition) is 4. The molecule has 0 bridgehead atoms. The maximum absolute atomic E-state index is 12.6. The minimum Gasteiger partial charge on any atom is -0.381 e. The summed E-state index contributed by atoms with van der Waals surface area (Å²) in [6.45, 7) is 3.39. The van der Waals surface area contributed by atoms with Crippen LogP contribution in [0.5, 0.6) is 0 Å². The molecule has 2 atom stereocenters. The Balaban J connectivity index is 0.00000242. The van der Waals surface area contributed by atoms with Gasteiger partial charge >= 0.3 is 0 Å². The van der Waals surface area contributed by atoms with Crippen LogP contribution in [0.1, 0.15) is 18.5 Å². The highest BCUT2D eigenvalue weighted by Gasteiger charge is 2.34. The highest BCUT2D eigenvalue weighted by atomic mass is 35.5. The molecular formula is C14H22Cl2N2O3S. The zero-order valence-electron chi connectivity index (χ0n) is 12.7. The first-order chi connectivity index (χ1) is 9.95. The maximum atomic E-state index is 12.6. The van der Waals surface area contributed by atoms with Crippen LogP contribution in [-0.2, 0) is 14.8 Å². The Kier molecular flexibility index (Phi) is 7.58. The molecule has 1 aliphatic heterocycles. The molecule has 1 fully saturated rings. The molecule has 1 heterocycles. The summed E-state index contributed by atoms with van der Waals surface area (Å²) in [6, 6.07) is 7.10. The molecule has 1 N–H and O–H groups in total. The van der Waals surface area contributed by atoms with Crippen LogP contribution >= 0.6 is 24.0 Å². The fourth-order valence-electron chi connectivity index (χ4n) is 2.49. The Morgan fingerprint density at radius 3 is 2.77 bits per heavy atom. The van der Waals surface area contributed by atoms with Crippen molar-refractivity contribution in [1.82, 2.24) is 9.62 Å². The Morgan fingerprint density at radius 2 is 2.14 bits per heavy atom. The van der Waals surface area contributed by atoms with Gasteiger partial charge in [-0.1, -0.05) is 29.8 Å². The first-order valence-corrected chi connectivity index (χ1v) is 8.92. The van der Waals surface area contributed by atoms with Crippen LogP contribution in [0.2, 0.25) is 5.02 Å². The summed E-state index contributed by atoms with van der Waals surface area (Å²) in [6.07, 6.45) is -0.336. The second-order valence-corrected chi connectivity index (χ2v) is 7.55. The van der Waals surface area contributed by atoms with Gasteiger partial charge in [0.1, 0.15) is 0 Å². The van der Waals surface area contributed by atoms with E-state index in [0.717, 1.165) is 5.56 Å². The van der Waals surface area contributed by atoms with Crippen LogP contribution in [0.3, 0.4) is 0 Å². The lowest BCUT2D eigenvalue weighted by atomic mass is 10.1. The van der Waals surface area contributed by atoms with Gasteiger partial charge < -0.3 is 10.1 Å². The third-order valence-electron chi connectivity index (χ3n) is 3.66. The van der Waals surface area contributed by atoms with Gasteiger partial charge in [-0.15, -0.1) is 12.4 Å². The van der Waals surface area contributed by atoms with E-state index < -0.39 is 10.0 Å². The van der Waals surface area contributed by atoms with Crippen molar-refractivity contribution in [3.8, 4) is 0 Å². The molecule has 126 valence electrons. The quantitative estimate of drug-likeness (QED) is 0.864. The molecular weight excluding hydrogens is 347 g/mol. The molecule has 5 nitrogen and oxygen atoms in total. The van der Waals surface area contributed by atoms with Gasteiger partial charge in [0.25, 0.3) is 0 Å². The summed E-state index contributed by atoms with van der Waals surface area (Å²) in [5.74, 6) is -0.0234. The van der Waals surface area contributed by atoms with Crippen LogP contribution in [0.25, 0.3) is 0 Å². The number of nitrogens with one attached hydrogen (secondary N) is 1. The lowest BCUT2D eigenvalue weighted by molar-refractivity contribution is 0.134. The predicted octanol–water partition coefficient (Wildman–Crippen LogP) is 2.07. The lowest BCUT2D eigenvalue weighted by Gasteiger charge is -2.36. The summed E-state index contributed by atoms with van der Waals surface area (Å²) in [7, 11) is -1.88. The van der Waals surface area contributed by atoms with E-state index in [-0.39, 0.29) is 30.3 Å². The second-order valence-electron chi connectivity index (χ2n) is 5.18. The van der Waals surface area contributed by atoms with Gasteiger partial charge in [0.05, 0.1) is 17.9 Å². The van der Waals surface area contributed by atoms with Crippen molar-refractivity contribution >= 4 is 34.0 Å². The smallest absolute Gasteiger partial charge is 0.217 e. The SMILES string of the molecule is COC(C)CS(=O)(=O)N1CCNCC1c1ccccc1Cl.Cl. The largest absolute Gasteiger partial charge is 0.381 e. The Morgan fingerprint density at radius 1 is 1.45 bits per heavy atom. The van der Waals surface area contributed by atoms with E-state index in [1.807, 2.05) is 18.2 Å². The summed E-state index contributed by atoms with van der Waals surface area (Å²) < 4.78 is 31.9. The lowest BCUT2D eigenvalue weighted by Crippen LogP contribution is -2.50. The van der Waals surface area contributed by atoms with E-state index in [1.54, 1.807) is 17.3 Å². The predicted molar refractivity (Wildman–Crippen MR) is 91.3 cm³/mol. The molecule has 0 saturated carbocycles. The molecule has 1 aromatic rings. The summed E-state index contributed by atoms with van der Waals surface area (Å²) in [4.78, 5) is 0. The fourth-order valence-corrected chi connectivity index (χ4v) is 4.62. The van der Waals surface area contributed by atoms with Gasteiger partial charge in [0, 0.05) is 31.8 Å².